The van der Waals surface area contributed by atoms with Gasteiger partial charge in [0.1, 0.15) is 5.75 Å². The Morgan fingerprint density at radius 1 is 1.06 bits per heavy atom. The van der Waals surface area contributed by atoms with Gasteiger partial charge in [0.15, 0.2) is 11.3 Å². The summed E-state index contributed by atoms with van der Waals surface area (Å²) in [6, 6.07) is 18.4. The van der Waals surface area contributed by atoms with Crippen molar-refractivity contribution in [1.29, 1.82) is 0 Å². The molecule has 0 spiro atoms. The van der Waals surface area contributed by atoms with Crippen molar-refractivity contribution in [3.63, 3.8) is 0 Å². The number of amidine groups is 1. The van der Waals surface area contributed by atoms with Crippen LogP contribution in [-0.2, 0) is 14.8 Å². The van der Waals surface area contributed by atoms with Gasteiger partial charge >= 0.3 is 0 Å². The molecule has 0 fully saturated rings. The van der Waals surface area contributed by atoms with E-state index in [9.17, 15) is 18.0 Å². The number of benzene rings is 3. The number of sulfonamides is 1. The lowest BCUT2D eigenvalue weighted by Gasteiger charge is -2.22. The molecular formula is C23H20N4O5S2. The molecule has 2 heterocycles. The summed E-state index contributed by atoms with van der Waals surface area (Å²) in [7, 11) is -3.45. The first-order chi connectivity index (χ1) is 16.3. The average Bonchev–Trinajstić information content (AvgIpc) is 3.17. The summed E-state index contributed by atoms with van der Waals surface area (Å²) in [6.07, 6.45) is -0.840. The SMILES string of the molecule is CC(Oc1ccc2ccccc2c1)C(=O)NNC(=O)c1ccc2c(c1)SC1=NS(=O)(=O)CCN12. The maximum Gasteiger partial charge on any atom is 0.279 e. The molecule has 3 aromatic carbocycles. The zero-order chi connectivity index (χ0) is 23.9. The Labute approximate surface area is 200 Å². The minimum atomic E-state index is -3.45. The van der Waals surface area contributed by atoms with Gasteiger partial charge in [-0.1, -0.05) is 30.3 Å². The maximum atomic E-state index is 12.6. The zero-order valence-electron chi connectivity index (χ0n) is 18.0. The van der Waals surface area contributed by atoms with Crippen LogP contribution < -0.4 is 20.5 Å². The van der Waals surface area contributed by atoms with Gasteiger partial charge in [0.05, 0.1) is 11.4 Å². The maximum absolute atomic E-state index is 12.6. The number of nitrogens with zero attached hydrogens (tertiary/aromatic N) is 2. The van der Waals surface area contributed by atoms with E-state index in [1.165, 1.54) is 11.8 Å². The van der Waals surface area contributed by atoms with Gasteiger partial charge in [0.25, 0.3) is 21.8 Å². The molecule has 0 saturated carbocycles. The van der Waals surface area contributed by atoms with Gasteiger partial charge in [-0.15, -0.1) is 4.40 Å². The number of anilines is 1. The molecular weight excluding hydrogens is 476 g/mol. The minimum Gasteiger partial charge on any atom is -0.481 e. The molecule has 0 radical (unpaired) electrons. The van der Waals surface area contributed by atoms with Crippen LogP contribution in [0.25, 0.3) is 10.8 Å². The molecule has 34 heavy (non-hydrogen) atoms. The lowest BCUT2D eigenvalue weighted by molar-refractivity contribution is -0.128. The molecule has 174 valence electrons. The second-order valence-electron chi connectivity index (χ2n) is 7.81. The van der Waals surface area contributed by atoms with E-state index in [1.807, 2.05) is 41.3 Å². The Morgan fingerprint density at radius 2 is 1.85 bits per heavy atom. The number of hydrogen-bond acceptors (Lipinski definition) is 7. The normalized spacial score (nSPS) is 16.7. The van der Waals surface area contributed by atoms with Crippen molar-refractivity contribution in [2.75, 3.05) is 17.2 Å². The van der Waals surface area contributed by atoms with Gasteiger partial charge in [-0.3, -0.25) is 20.4 Å². The lowest BCUT2D eigenvalue weighted by atomic mass is 10.1. The average molecular weight is 497 g/mol. The fraction of sp³-hybridized carbons (Fsp3) is 0.174. The highest BCUT2D eigenvalue weighted by Crippen LogP contribution is 2.42. The molecule has 1 atom stereocenters. The molecule has 5 rings (SSSR count). The molecule has 1 unspecified atom stereocenters. The summed E-state index contributed by atoms with van der Waals surface area (Å²) < 4.78 is 33.0. The number of rotatable bonds is 4. The van der Waals surface area contributed by atoms with Gasteiger partial charge in [-0.25, -0.2) is 8.42 Å². The second-order valence-corrected chi connectivity index (χ2v) is 10.6. The van der Waals surface area contributed by atoms with E-state index < -0.39 is 27.9 Å². The van der Waals surface area contributed by atoms with Crippen molar-refractivity contribution in [2.45, 2.75) is 17.9 Å². The van der Waals surface area contributed by atoms with Crippen molar-refractivity contribution in [3.8, 4) is 5.75 Å². The molecule has 0 saturated heterocycles. The molecule has 3 aromatic rings. The van der Waals surface area contributed by atoms with E-state index in [1.54, 1.807) is 31.2 Å². The van der Waals surface area contributed by atoms with Crippen molar-refractivity contribution in [2.24, 2.45) is 4.40 Å². The van der Waals surface area contributed by atoms with Crippen LogP contribution in [0.15, 0.2) is 70.0 Å². The third-order valence-electron chi connectivity index (χ3n) is 5.44. The van der Waals surface area contributed by atoms with Crippen LogP contribution in [0.4, 0.5) is 5.69 Å². The summed E-state index contributed by atoms with van der Waals surface area (Å²) in [4.78, 5) is 27.6. The third-order valence-corrected chi connectivity index (χ3v) is 7.74. The number of nitrogens with one attached hydrogen (secondary N) is 2. The highest BCUT2D eigenvalue weighted by atomic mass is 32.2. The minimum absolute atomic E-state index is 0.0514. The van der Waals surface area contributed by atoms with Crippen LogP contribution in [0.2, 0.25) is 0 Å². The molecule has 2 aliphatic heterocycles. The lowest BCUT2D eigenvalue weighted by Crippen LogP contribution is -2.47. The number of fused-ring (bicyclic) bond motifs is 4. The van der Waals surface area contributed by atoms with Crippen molar-refractivity contribution < 1.29 is 22.7 Å². The Kier molecular flexibility index (Phi) is 5.66. The number of hydrazine groups is 1. The van der Waals surface area contributed by atoms with E-state index >= 15 is 0 Å². The van der Waals surface area contributed by atoms with E-state index in [2.05, 4.69) is 15.2 Å². The number of thioether (sulfide) groups is 1. The highest BCUT2D eigenvalue weighted by Gasteiger charge is 2.33. The van der Waals surface area contributed by atoms with Crippen LogP contribution in [0.5, 0.6) is 5.75 Å². The zero-order valence-corrected chi connectivity index (χ0v) is 19.7. The summed E-state index contributed by atoms with van der Waals surface area (Å²) in [5.41, 5.74) is 5.90. The van der Waals surface area contributed by atoms with Crippen LogP contribution in [-0.4, -0.2) is 43.8 Å². The van der Waals surface area contributed by atoms with Gasteiger partial charge in [0, 0.05) is 17.0 Å². The van der Waals surface area contributed by atoms with Crippen molar-refractivity contribution in [3.05, 3.63) is 66.2 Å². The standard InChI is InChI=1S/C23H20N4O5S2/c1-14(32-18-8-6-15-4-2-3-5-16(15)12-18)21(28)24-25-22(29)17-7-9-19-20(13-17)33-23-26-34(30,31)11-10-27(19)23/h2-9,12-14H,10-11H2,1H3,(H,24,28)(H,25,29). The van der Waals surface area contributed by atoms with E-state index in [4.69, 9.17) is 4.74 Å². The molecule has 0 aromatic heterocycles. The van der Waals surface area contributed by atoms with Crippen LogP contribution >= 0.6 is 11.8 Å². The number of carbonyl (C=O) groups is 2. The van der Waals surface area contributed by atoms with Crippen molar-refractivity contribution in [1.82, 2.24) is 10.9 Å². The molecule has 11 heteroatoms. The summed E-state index contributed by atoms with van der Waals surface area (Å²) in [5.74, 6) is -0.517. The number of hydrogen-bond donors (Lipinski definition) is 2. The fourth-order valence-electron chi connectivity index (χ4n) is 3.66. The quantitative estimate of drug-likeness (QED) is 0.534. The van der Waals surface area contributed by atoms with E-state index in [-0.39, 0.29) is 5.75 Å². The first-order valence-corrected chi connectivity index (χ1v) is 12.9. The van der Waals surface area contributed by atoms with Crippen LogP contribution in [0.1, 0.15) is 17.3 Å². The first kappa shape index (κ1) is 22.2. The molecule has 0 bridgehead atoms. The second kappa shape index (κ2) is 8.65. The Bertz CT molecular complexity index is 1450. The Balaban J connectivity index is 1.20. The van der Waals surface area contributed by atoms with Crippen LogP contribution in [0.3, 0.4) is 0 Å². The Hall–Kier alpha value is -3.57. The molecule has 2 N–H and O–H groups in total. The van der Waals surface area contributed by atoms with Gasteiger partial charge < -0.3 is 9.64 Å². The van der Waals surface area contributed by atoms with E-state index in [0.717, 1.165) is 21.4 Å². The van der Waals surface area contributed by atoms with Crippen molar-refractivity contribution >= 4 is 55.2 Å². The molecule has 2 aliphatic rings. The van der Waals surface area contributed by atoms with E-state index in [0.29, 0.717) is 23.0 Å². The monoisotopic (exact) mass is 496 g/mol. The van der Waals surface area contributed by atoms with Gasteiger partial charge in [-0.2, -0.15) is 0 Å². The van der Waals surface area contributed by atoms with Gasteiger partial charge in [0.2, 0.25) is 0 Å². The smallest absolute Gasteiger partial charge is 0.279 e. The fourth-order valence-corrected chi connectivity index (χ4v) is 5.96. The molecule has 9 nitrogen and oxygen atoms in total. The summed E-state index contributed by atoms with van der Waals surface area (Å²) in [5, 5.41) is 2.44. The summed E-state index contributed by atoms with van der Waals surface area (Å²) >= 11 is 1.19. The topological polar surface area (TPSA) is 117 Å². The van der Waals surface area contributed by atoms with Gasteiger partial charge in [-0.05, 0) is 59.8 Å². The summed E-state index contributed by atoms with van der Waals surface area (Å²) in [6.45, 7) is 1.91. The third kappa shape index (κ3) is 4.44. The Morgan fingerprint density at radius 3 is 2.68 bits per heavy atom. The largest absolute Gasteiger partial charge is 0.481 e. The predicted molar refractivity (Wildman–Crippen MR) is 131 cm³/mol. The number of amides is 2. The number of ether oxygens (including phenoxy) is 1. The molecule has 0 aliphatic carbocycles. The highest BCUT2D eigenvalue weighted by molar-refractivity contribution is 8.15. The van der Waals surface area contributed by atoms with Crippen LogP contribution in [0, 0.1) is 0 Å². The first-order valence-electron chi connectivity index (χ1n) is 10.5. The predicted octanol–water partition coefficient (Wildman–Crippen LogP) is 2.68. The number of carbonyl (C=O) groups excluding carboxylic acids is 2. The molecule has 2 amide bonds.